The van der Waals surface area contributed by atoms with Gasteiger partial charge in [-0.15, -0.1) is 11.3 Å². The van der Waals surface area contributed by atoms with Crippen LogP contribution >= 0.6 is 11.3 Å². The highest BCUT2D eigenvalue weighted by Crippen LogP contribution is 2.28. The first kappa shape index (κ1) is 10.6. The fraction of sp³-hybridized carbons (Fsp3) is 0.667. The van der Waals surface area contributed by atoms with Crippen LogP contribution in [0.1, 0.15) is 37.6 Å². The molecule has 0 aliphatic carbocycles. The molecule has 0 amide bonds. The summed E-state index contributed by atoms with van der Waals surface area (Å²) in [4.78, 5) is 5.34. The van der Waals surface area contributed by atoms with Crippen LogP contribution in [0.4, 0.5) is 0 Å². The lowest BCUT2D eigenvalue weighted by Crippen LogP contribution is -2.28. The van der Waals surface area contributed by atoms with Gasteiger partial charge in [0.25, 0.3) is 0 Å². The van der Waals surface area contributed by atoms with Gasteiger partial charge in [0, 0.05) is 16.6 Å². The van der Waals surface area contributed by atoms with E-state index in [2.05, 4.69) is 4.98 Å². The maximum Gasteiger partial charge on any atom is 0.112 e. The van der Waals surface area contributed by atoms with Gasteiger partial charge in [-0.25, -0.2) is 4.98 Å². The van der Waals surface area contributed by atoms with Crippen molar-refractivity contribution >= 4 is 11.3 Å². The highest BCUT2D eigenvalue weighted by molar-refractivity contribution is 7.11. The Hall–Kier alpha value is -0.450. The minimum absolute atomic E-state index is 0.318. The monoisotopic (exact) mass is 199 g/mol. The molecule has 0 aliphatic heterocycles. The van der Waals surface area contributed by atoms with Crippen molar-refractivity contribution in [3.05, 3.63) is 16.1 Å². The van der Waals surface area contributed by atoms with Crippen LogP contribution in [-0.4, -0.2) is 4.98 Å². The van der Waals surface area contributed by atoms with Crippen LogP contribution in [0.2, 0.25) is 0 Å². The van der Waals surface area contributed by atoms with E-state index in [9.17, 15) is 0 Å². The lowest BCUT2D eigenvalue weighted by atomic mass is 10.1. The second-order valence-corrected chi connectivity index (χ2v) is 5.50. The van der Waals surface area contributed by atoms with Gasteiger partial charge in [-0.05, 0) is 27.7 Å². The highest BCUT2D eigenvalue weighted by Gasteiger charge is 2.23. The van der Waals surface area contributed by atoms with Gasteiger partial charge >= 0.3 is 0 Å². The van der Waals surface area contributed by atoms with Gasteiger partial charge in [0.1, 0.15) is 5.01 Å². The topological polar surface area (TPSA) is 64.9 Å². The zero-order valence-electron chi connectivity index (χ0n) is 8.59. The summed E-state index contributed by atoms with van der Waals surface area (Å²) in [5.41, 5.74) is 11.2. The van der Waals surface area contributed by atoms with Crippen molar-refractivity contribution in [3.63, 3.8) is 0 Å². The fourth-order valence-electron chi connectivity index (χ4n) is 0.870. The molecular weight excluding hydrogens is 182 g/mol. The molecule has 0 unspecified atom stereocenters. The van der Waals surface area contributed by atoms with Gasteiger partial charge in [-0.3, -0.25) is 0 Å². The summed E-state index contributed by atoms with van der Waals surface area (Å²) in [5.74, 6) is 0. The zero-order chi connectivity index (χ0) is 10.3. The van der Waals surface area contributed by atoms with Crippen LogP contribution in [-0.2, 0) is 11.1 Å². The molecule has 0 radical (unpaired) electrons. The molecule has 0 spiro atoms. The summed E-state index contributed by atoms with van der Waals surface area (Å²) in [7, 11) is 0. The van der Waals surface area contributed by atoms with E-state index in [1.807, 2.05) is 33.9 Å². The minimum atomic E-state index is -0.367. The molecule has 0 saturated carbocycles. The van der Waals surface area contributed by atoms with Crippen molar-refractivity contribution in [2.75, 3.05) is 0 Å². The molecule has 4 heteroatoms. The van der Waals surface area contributed by atoms with E-state index >= 15 is 0 Å². The third kappa shape index (κ3) is 2.49. The van der Waals surface area contributed by atoms with Crippen molar-refractivity contribution in [2.45, 2.75) is 38.8 Å². The maximum atomic E-state index is 5.94. The van der Waals surface area contributed by atoms with Crippen molar-refractivity contribution in [1.82, 2.24) is 4.98 Å². The average Bonchev–Trinajstić information content (AvgIpc) is 2.28. The molecular formula is C9H17N3S. The summed E-state index contributed by atoms with van der Waals surface area (Å²) in [6, 6.07) is 0. The molecule has 0 aromatic carbocycles. The zero-order valence-corrected chi connectivity index (χ0v) is 9.40. The van der Waals surface area contributed by atoms with Crippen LogP contribution in [0.15, 0.2) is 6.20 Å². The lowest BCUT2D eigenvalue weighted by Gasteiger charge is -2.16. The molecule has 3 nitrogen and oxygen atoms in total. The summed E-state index contributed by atoms with van der Waals surface area (Å²) < 4.78 is 0. The third-order valence-electron chi connectivity index (χ3n) is 1.69. The SMILES string of the molecule is CC(C)(N)c1cnc(C(C)(C)N)s1. The van der Waals surface area contributed by atoms with Gasteiger partial charge in [0.2, 0.25) is 0 Å². The van der Waals surface area contributed by atoms with Crippen LogP contribution in [0.5, 0.6) is 0 Å². The Labute approximate surface area is 83.2 Å². The van der Waals surface area contributed by atoms with Crippen molar-refractivity contribution in [2.24, 2.45) is 11.5 Å². The van der Waals surface area contributed by atoms with Gasteiger partial charge in [-0.1, -0.05) is 0 Å². The Kier molecular flexibility index (Phi) is 2.49. The summed E-state index contributed by atoms with van der Waals surface area (Å²) in [6.07, 6.45) is 1.81. The first-order chi connectivity index (χ1) is 5.71. The average molecular weight is 199 g/mol. The second kappa shape index (κ2) is 3.04. The van der Waals surface area contributed by atoms with Crippen molar-refractivity contribution in [3.8, 4) is 0 Å². The van der Waals surface area contributed by atoms with E-state index in [0.717, 1.165) is 9.88 Å². The number of aromatic nitrogens is 1. The molecule has 13 heavy (non-hydrogen) atoms. The molecule has 0 saturated heterocycles. The number of nitrogens with two attached hydrogens (primary N) is 2. The molecule has 4 N–H and O–H groups in total. The largest absolute Gasteiger partial charge is 0.321 e. The first-order valence-corrected chi connectivity index (χ1v) is 5.07. The first-order valence-electron chi connectivity index (χ1n) is 4.26. The smallest absolute Gasteiger partial charge is 0.112 e. The molecule has 74 valence electrons. The number of rotatable bonds is 2. The third-order valence-corrected chi connectivity index (χ3v) is 3.37. The van der Waals surface area contributed by atoms with E-state index in [1.54, 1.807) is 11.3 Å². The highest BCUT2D eigenvalue weighted by atomic mass is 32.1. The standard InChI is InChI=1S/C9H17N3S/c1-8(2,10)6-5-12-7(13-6)9(3,4)11/h5H,10-11H2,1-4H3. The molecule has 1 rings (SSSR count). The van der Waals surface area contributed by atoms with E-state index in [-0.39, 0.29) is 11.1 Å². The number of thiazole rings is 1. The predicted octanol–water partition coefficient (Wildman–Crippen LogP) is 1.53. The van der Waals surface area contributed by atoms with E-state index in [0.29, 0.717) is 0 Å². The Bertz CT molecular complexity index is 262. The predicted molar refractivity (Wildman–Crippen MR) is 56.5 cm³/mol. The number of hydrogen-bond acceptors (Lipinski definition) is 4. The van der Waals surface area contributed by atoms with Gasteiger partial charge < -0.3 is 11.5 Å². The Morgan fingerprint density at radius 1 is 1.15 bits per heavy atom. The molecule has 1 aromatic rings. The fourth-order valence-corrected chi connectivity index (χ4v) is 1.82. The summed E-state index contributed by atoms with van der Waals surface area (Å²) >= 11 is 1.59. The minimum Gasteiger partial charge on any atom is -0.321 e. The normalized spacial score (nSPS) is 13.4. The van der Waals surface area contributed by atoms with Crippen molar-refractivity contribution in [1.29, 1.82) is 0 Å². The number of nitrogens with zero attached hydrogens (tertiary/aromatic N) is 1. The summed E-state index contributed by atoms with van der Waals surface area (Å²) in [5, 5.41) is 0.932. The maximum absolute atomic E-state index is 5.94. The lowest BCUT2D eigenvalue weighted by molar-refractivity contribution is 0.550. The summed E-state index contributed by atoms with van der Waals surface area (Å²) in [6.45, 7) is 7.82. The van der Waals surface area contributed by atoms with Crippen LogP contribution in [0.3, 0.4) is 0 Å². The van der Waals surface area contributed by atoms with Crippen LogP contribution in [0, 0.1) is 0 Å². The van der Waals surface area contributed by atoms with Crippen LogP contribution in [0.25, 0.3) is 0 Å². The van der Waals surface area contributed by atoms with Crippen molar-refractivity contribution < 1.29 is 0 Å². The van der Waals surface area contributed by atoms with Gasteiger partial charge in [0.05, 0.1) is 5.54 Å². The molecule has 0 bridgehead atoms. The quantitative estimate of drug-likeness (QED) is 0.759. The molecule has 0 atom stereocenters. The van der Waals surface area contributed by atoms with E-state index < -0.39 is 0 Å². The van der Waals surface area contributed by atoms with Gasteiger partial charge in [0.15, 0.2) is 0 Å². The molecule has 1 aromatic heterocycles. The molecule has 0 fully saturated rings. The molecule has 1 heterocycles. The Morgan fingerprint density at radius 2 is 1.69 bits per heavy atom. The molecule has 0 aliphatic rings. The van der Waals surface area contributed by atoms with Gasteiger partial charge in [-0.2, -0.15) is 0 Å². The van der Waals surface area contributed by atoms with Crippen LogP contribution < -0.4 is 11.5 Å². The second-order valence-electron chi connectivity index (χ2n) is 4.47. The Morgan fingerprint density at radius 3 is 1.92 bits per heavy atom. The Balaban J connectivity index is 3.01. The van der Waals surface area contributed by atoms with E-state index in [1.165, 1.54) is 0 Å². The number of hydrogen-bond donors (Lipinski definition) is 2. The van der Waals surface area contributed by atoms with E-state index in [4.69, 9.17) is 11.5 Å².